The van der Waals surface area contributed by atoms with Crippen molar-refractivity contribution in [1.82, 2.24) is 15.1 Å². The van der Waals surface area contributed by atoms with Gasteiger partial charge in [0.05, 0.1) is 28.8 Å². The number of anilines is 2. The van der Waals surface area contributed by atoms with E-state index in [1.54, 1.807) is 30.1 Å². The van der Waals surface area contributed by atoms with Gasteiger partial charge >= 0.3 is 0 Å². The van der Waals surface area contributed by atoms with E-state index in [9.17, 15) is 9.59 Å². The number of nitrogens with one attached hydrogen (secondary N) is 2. The minimum atomic E-state index is -0.318. The number of amides is 2. The summed E-state index contributed by atoms with van der Waals surface area (Å²) in [6.45, 7) is 2.52. The molecule has 0 saturated carbocycles. The van der Waals surface area contributed by atoms with Gasteiger partial charge in [-0.15, -0.1) is 10.2 Å². The molecule has 3 aromatic rings. The number of likely N-dealkylation sites (N-methyl/N-ethyl adjacent to an activating group) is 1. The highest BCUT2D eigenvalue weighted by Gasteiger charge is 2.16. The van der Waals surface area contributed by atoms with E-state index in [4.69, 9.17) is 23.2 Å². The molecule has 0 atom stereocenters. The smallest absolute Gasteiger partial charge is 0.286 e. The van der Waals surface area contributed by atoms with Gasteiger partial charge in [-0.05, 0) is 43.3 Å². The van der Waals surface area contributed by atoms with Crippen molar-refractivity contribution < 1.29 is 9.59 Å². The number of para-hydroxylation sites is 1. The second-order valence-electron chi connectivity index (χ2n) is 6.82. The van der Waals surface area contributed by atoms with Crippen molar-refractivity contribution in [2.45, 2.75) is 19.9 Å². The summed E-state index contributed by atoms with van der Waals surface area (Å²) in [5, 5.41) is 15.2. The first-order valence-corrected chi connectivity index (χ1v) is 11.1. The van der Waals surface area contributed by atoms with Crippen LogP contribution < -0.4 is 10.6 Å². The van der Waals surface area contributed by atoms with E-state index in [0.717, 1.165) is 6.42 Å². The first-order chi connectivity index (χ1) is 14.9. The fraction of sp³-hybridized carbons (Fsp3) is 0.238. The highest BCUT2D eigenvalue weighted by Crippen LogP contribution is 2.29. The molecule has 2 amide bonds. The average molecular weight is 478 g/mol. The van der Waals surface area contributed by atoms with Crippen LogP contribution in [0.25, 0.3) is 0 Å². The van der Waals surface area contributed by atoms with Crippen molar-refractivity contribution in [1.29, 1.82) is 0 Å². The highest BCUT2D eigenvalue weighted by molar-refractivity contribution is 7.13. The van der Waals surface area contributed by atoms with Gasteiger partial charge < -0.3 is 10.6 Å². The lowest BCUT2D eigenvalue weighted by atomic mass is 10.1. The fourth-order valence-electron chi connectivity index (χ4n) is 2.75. The number of aromatic nitrogens is 2. The van der Waals surface area contributed by atoms with Gasteiger partial charge in [-0.1, -0.05) is 59.7 Å². The normalized spacial score (nSPS) is 10.9. The minimum Gasteiger partial charge on any atom is -0.322 e. The van der Waals surface area contributed by atoms with E-state index in [1.165, 1.54) is 16.9 Å². The summed E-state index contributed by atoms with van der Waals surface area (Å²) in [6.07, 6.45) is 0.935. The number of hydrogen-bond donors (Lipinski definition) is 2. The van der Waals surface area contributed by atoms with E-state index in [-0.39, 0.29) is 23.4 Å². The third kappa shape index (κ3) is 6.48. The second-order valence-corrected chi connectivity index (χ2v) is 8.70. The van der Waals surface area contributed by atoms with Gasteiger partial charge in [0.25, 0.3) is 5.91 Å². The van der Waals surface area contributed by atoms with Crippen LogP contribution >= 0.6 is 34.5 Å². The van der Waals surface area contributed by atoms with Crippen molar-refractivity contribution in [2.75, 3.05) is 24.2 Å². The Hall–Kier alpha value is -2.52. The van der Waals surface area contributed by atoms with Crippen molar-refractivity contribution in [3.8, 4) is 0 Å². The molecule has 0 radical (unpaired) electrons. The largest absolute Gasteiger partial charge is 0.322 e. The lowest BCUT2D eigenvalue weighted by Gasteiger charge is -2.15. The number of carbonyl (C=O) groups is 2. The Kier molecular flexibility index (Phi) is 7.97. The Morgan fingerprint density at radius 1 is 1.03 bits per heavy atom. The van der Waals surface area contributed by atoms with Crippen LogP contribution in [-0.2, 0) is 17.8 Å². The number of halogens is 2. The van der Waals surface area contributed by atoms with Gasteiger partial charge in [-0.2, -0.15) is 0 Å². The predicted octanol–water partition coefficient (Wildman–Crippen LogP) is 4.73. The number of rotatable bonds is 8. The molecule has 7 nitrogen and oxygen atoms in total. The standard InChI is InChI=1S/C21H21Cl2N5O2S/c1-3-13-7-9-14(10-8-13)24-20(30)21-27-26-18(31-21)12-28(2)11-17(29)25-19-15(22)5-4-6-16(19)23/h4-10H,3,11-12H2,1-2H3,(H,24,30)(H,25,29). The molecule has 0 spiro atoms. The Bertz CT molecular complexity index is 1050. The van der Waals surface area contributed by atoms with Gasteiger partial charge in [-0.3, -0.25) is 14.5 Å². The van der Waals surface area contributed by atoms with E-state index < -0.39 is 0 Å². The van der Waals surface area contributed by atoms with Crippen molar-refractivity contribution >= 4 is 57.7 Å². The van der Waals surface area contributed by atoms with Gasteiger partial charge in [0.15, 0.2) is 0 Å². The molecular weight excluding hydrogens is 457 g/mol. The number of carbonyl (C=O) groups excluding carboxylic acids is 2. The number of aryl methyl sites for hydroxylation is 1. The molecule has 0 aliphatic rings. The molecular formula is C21H21Cl2N5O2S. The molecule has 2 N–H and O–H groups in total. The van der Waals surface area contributed by atoms with Crippen LogP contribution in [0.1, 0.15) is 27.3 Å². The molecule has 0 bridgehead atoms. The summed E-state index contributed by atoms with van der Waals surface area (Å²) in [7, 11) is 1.77. The lowest BCUT2D eigenvalue weighted by molar-refractivity contribution is -0.117. The average Bonchev–Trinajstić information content (AvgIpc) is 3.20. The Balaban J connectivity index is 1.53. The zero-order chi connectivity index (χ0) is 22.4. The first kappa shape index (κ1) is 23.1. The summed E-state index contributed by atoms with van der Waals surface area (Å²) in [5.41, 5.74) is 2.28. The maximum absolute atomic E-state index is 12.4. The second kappa shape index (κ2) is 10.7. The van der Waals surface area contributed by atoms with Crippen LogP contribution in [0.4, 0.5) is 11.4 Å². The highest BCUT2D eigenvalue weighted by atomic mass is 35.5. The Labute approximate surface area is 194 Å². The minimum absolute atomic E-state index is 0.0897. The van der Waals surface area contributed by atoms with Crippen molar-refractivity contribution in [2.24, 2.45) is 0 Å². The molecule has 1 heterocycles. The maximum atomic E-state index is 12.4. The molecule has 31 heavy (non-hydrogen) atoms. The fourth-order valence-corrected chi connectivity index (χ4v) is 4.05. The topological polar surface area (TPSA) is 87.2 Å². The van der Waals surface area contributed by atoms with Crippen LogP contribution in [0.5, 0.6) is 0 Å². The van der Waals surface area contributed by atoms with E-state index in [0.29, 0.717) is 33.0 Å². The third-order valence-corrected chi connectivity index (χ3v) is 5.86. The SMILES string of the molecule is CCc1ccc(NC(=O)c2nnc(CN(C)CC(=O)Nc3c(Cl)cccc3Cl)s2)cc1. The number of nitrogens with zero attached hydrogens (tertiary/aromatic N) is 3. The molecule has 0 aliphatic heterocycles. The molecule has 162 valence electrons. The molecule has 10 heteroatoms. The van der Waals surface area contributed by atoms with Crippen LogP contribution in [0.2, 0.25) is 10.0 Å². The molecule has 0 saturated heterocycles. The Morgan fingerprint density at radius 2 is 1.71 bits per heavy atom. The van der Waals surface area contributed by atoms with Crippen molar-refractivity contribution in [3.05, 3.63) is 68.1 Å². The maximum Gasteiger partial charge on any atom is 0.286 e. The summed E-state index contributed by atoms with van der Waals surface area (Å²) < 4.78 is 0. The summed E-state index contributed by atoms with van der Waals surface area (Å²) >= 11 is 13.3. The summed E-state index contributed by atoms with van der Waals surface area (Å²) in [4.78, 5) is 26.5. The molecule has 0 fully saturated rings. The number of benzene rings is 2. The third-order valence-electron chi connectivity index (χ3n) is 4.33. The first-order valence-electron chi connectivity index (χ1n) is 9.50. The summed E-state index contributed by atoms with van der Waals surface area (Å²) in [6, 6.07) is 12.7. The predicted molar refractivity (Wildman–Crippen MR) is 125 cm³/mol. The lowest BCUT2D eigenvalue weighted by Crippen LogP contribution is -2.30. The monoisotopic (exact) mass is 477 g/mol. The van der Waals surface area contributed by atoms with Crippen LogP contribution in [0.15, 0.2) is 42.5 Å². The van der Waals surface area contributed by atoms with Crippen LogP contribution in [-0.4, -0.2) is 40.5 Å². The zero-order valence-electron chi connectivity index (χ0n) is 17.0. The Morgan fingerprint density at radius 3 is 2.35 bits per heavy atom. The van der Waals surface area contributed by atoms with Crippen LogP contribution in [0, 0.1) is 0 Å². The van der Waals surface area contributed by atoms with Gasteiger partial charge in [0.1, 0.15) is 5.01 Å². The molecule has 2 aromatic carbocycles. The quantitative estimate of drug-likeness (QED) is 0.489. The molecule has 0 unspecified atom stereocenters. The van der Waals surface area contributed by atoms with Gasteiger partial charge in [0.2, 0.25) is 10.9 Å². The van der Waals surface area contributed by atoms with Crippen LogP contribution in [0.3, 0.4) is 0 Å². The molecule has 3 rings (SSSR count). The number of hydrogen-bond acceptors (Lipinski definition) is 6. The van der Waals surface area contributed by atoms with E-state index in [1.807, 2.05) is 24.3 Å². The van der Waals surface area contributed by atoms with Gasteiger partial charge in [-0.25, -0.2) is 0 Å². The van der Waals surface area contributed by atoms with E-state index >= 15 is 0 Å². The van der Waals surface area contributed by atoms with E-state index in [2.05, 4.69) is 27.8 Å². The van der Waals surface area contributed by atoms with Gasteiger partial charge in [0, 0.05) is 5.69 Å². The van der Waals surface area contributed by atoms with Crippen molar-refractivity contribution in [3.63, 3.8) is 0 Å². The molecule has 1 aromatic heterocycles. The summed E-state index contributed by atoms with van der Waals surface area (Å²) in [5.74, 6) is -0.586. The molecule has 0 aliphatic carbocycles. The zero-order valence-corrected chi connectivity index (χ0v) is 19.3.